The average Bonchev–Trinajstić information content (AvgIpc) is 2.09. The fourth-order valence-corrected chi connectivity index (χ4v) is 0.957. The number of hydrogen-bond donors (Lipinski definition) is 4. The van der Waals surface area contributed by atoms with E-state index in [9.17, 15) is 5.11 Å². The van der Waals surface area contributed by atoms with Crippen LogP contribution in [0.1, 0.15) is 26.7 Å². The Morgan fingerprint density at radius 2 is 1.57 bits per heavy atom. The van der Waals surface area contributed by atoms with E-state index in [0.29, 0.717) is 0 Å². The second-order valence-corrected chi connectivity index (χ2v) is 3.51. The third-order valence-corrected chi connectivity index (χ3v) is 1.86. The second kappa shape index (κ2) is 7.14. The minimum atomic E-state index is -1.39. The van der Waals surface area contributed by atoms with Gasteiger partial charge in [0.15, 0.2) is 6.29 Å². The van der Waals surface area contributed by atoms with E-state index in [1.54, 1.807) is 13.8 Å². The van der Waals surface area contributed by atoms with Gasteiger partial charge in [0.25, 0.3) is 0 Å². The maximum absolute atomic E-state index is 9.45. The number of hydrogen-bond acceptors (Lipinski definition) is 5. The lowest BCUT2D eigenvalue weighted by Crippen LogP contribution is -2.29. The number of aliphatic hydroxyl groups is 4. The molecular formula is C9H20O5. The highest BCUT2D eigenvalue weighted by Crippen LogP contribution is 2.07. The summed E-state index contributed by atoms with van der Waals surface area (Å²) >= 11 is 0. The van der Waals surface area contributed by atoms with Crippen LogP contribution in [-0.2, 0) is 4.74 Å². The molecule has 3 atom stereocenters. The molecule has 0 fully saturated rings. The minimum absolute atomic E-state index is 0.115. The summed E-state index contributed by atoms with van der Waals surface area (Å²) in [5, 5.41) is 35.5. The van der Waals surface area contributed by atoms with E-state index < -0.39 is 24.6 Å². The molecule has 0 aliphatic rings. The summed E-state index contributed by atoms with van der Waals surface area (Å²) in [5.74, 6) is 0. The van der Waals surface area contributed by atoms with Crippen LogP contribution in [0.2, 0.25) is 0 Å². The van der Waals surface area contributed by atoms with E-state index >= 15 is 0 Å². The Bertz CT molecular complexity index is 121. The topological polar surface area (TPSA) is 90.2 Å². The highest BCUT2D eigenvalue weighted by Gasteiger charge is 2.16. The molecule has 0 aromatic heterocycles. The van der Waals surface area contributed by atoms with Crippen LogP contribution in [0.5, 0.6) is 0 Å². The number of ether oxygens (including phenoxy) is 1. The summed E-state index contributed by atoms with van der Waals surface area (Å²) in [6.07, 6.45) is -2.73. The van der Waals surface area contributed by atoms with Crippen LogP contribution < -0.4 is 0 Å². The van der Waals surface area contributed by atoms with Crippen LogP contribution >= 0.6 is 0 Å². The molecule has 3 unspecified atom stereocenters. The molecule has 0 spiro atoms. The van der Waals surface area contributed by atoms with Gasteiger partial charge in [-0.05, 0) is 20.3 Å². The van der Waals surface area contributed by atoms with Crippen molar-refractivity contribution in [2.45, 2.75) is 51.3 Å². The van der Waals surface area contributed by atoms with Gasteiger partial charge in [0.2, 0.25) is 0 Å². The van der Waals surface area contributed by atoms with E-state index in [4.69, 9.17) is 20.1 Å². The maximum Gasteiger partial charge on any atom is 0.151 e. The first-order valence-corrected chi connectivity index (χ1v) is 4.77. The zero-order chi connectivity index (χ0) is 11.1. The summed E-state index contributed by atoms with van der Waals surface area (Å²) in [5.41, 5.74) is 0. The molecule has 0 aromatic rings. The molecule has 4 N–H and O–H groups in total. The predicted octanol–water partition coefficient (Wildman–Crippen LogP) is -0.776. The largest absolute Gasteiger partial charge is 0.391 e. The summed E-state index contributed by atoms with van der Waals surface area (Å²) in [6.45, 7) is 3.44. The lowest BCUT2D eigenvalue weighted by atomic mass is 10.1. The molecule has 5 heteroatoms. The summed E-state index contributed by atoms with van der Waals surface area (Å²) in [7, 11) is 0. The van der Waals surface area contributed by atoms with Crippen molar-refractivity contribution in [1.82, 2.24) is 0 Å². The van der Waals surface area contributed by atoms with Crippen molar-refractivity contribution in [1.29, 1.82) is 0 Å². The van der Waals surface area contributed by atoms with Gasteiger partial charge in [-0.3, -0.25) is 0 Å². The molecule has 0 aliphatic heterocycles. The van der Waals surface area contributed by atoms with Gasteiger partial charge in [-0.25, -0.2) is 0 Å². The molecule has 0 saturated carbocycles. The van der Waals surface area contributed by atoms with Crippen LogP contribution in [-0.4, -0.2) is 51.6 Å². The zero-order valence-corrected chi connectivity index (χ0v) is 8.63. The van der Waals surface area contributed by atoms with Gasteiger partial charge in [0.05, 0.1) is 24.9 Å². The van der Waals surface area contributed by atoms with Crippen molar-refractivity contribution in [2.75, 3.05) is 6.61 Å². The van der Waals surface area contributed by atoms with Crippen molar-refractivity contribution < 1.29 is 25.2 Å². The van der Waals surface area contributed by atoms with Gasteiger partial charge in [-0.1, -0.05) is 0 Å². The fourth-order valence-electron chi connectivity index (χ4n) is 0.957. The Balaban J connectivity index is 3.59. The van der Waals surface area contributed by atoms with Gasteiger partial charge < -0.3 is 25.2 Å². The number of aliphatic hydroxyl groups excluding tert-OH is 3. The first kappa shape index (κ1) is 13.8. The van der Waals surface area contributed by atoms with E-state index in [1.165, 1.54) is 0 Å². The predicted molar refractivity (Wildman–Crippen MR) is 50.6 cm³/mol. The van der Waals surface area contributed by atoms with Crippen LogP contribution in [0.15, 0.2) is 0 Å². The Hall–Kier alpha value is -0.200. The molecule has 0 bridgehead atoms. The highest BCUT2D eigenvalue weighted by atomic mass is 16.5. The minimum Gasteiger partial charge on any atom is -0.391 e. The van der Waals surface area contributed by atoms with Crippen molar-refractivity contribution in [3.63, 3.8) is 0 Å². The van der Waals surface area contributed by atoms with E-state index in [1.807, 2.05) is 0 Å². The molecule has 14 heavy (non-hydrogen) atoms. The van der Waals surface area contributed by atoms with E-state index in [-0.39, 0.29) is 19.4 Å². The molecule has 0 radical (unpaired) electrons. The molecule has 0 aliphatic carbocycles. The standard InChI is InChI=1S/C9H20O5/c1-6(10)5-14-7(2)8(11)3-4-9(12)13/h6-13H,3-5H2,1-2H3. The molecule has 0 aromatic carbocycles. The summed E-state index contributed by atoms with van der Waals surface area (Å²) in [6, 6.07) is 0. The Labute approximate surface area is 83.9 Å². The molecule has 0 amide bonds. The first-order valence-electron chi connectivity index (χ1n) is 4.77. The molecule has 5 nitrogen and oxygen atoms in total. The second-order valence-electron chi connectivity index (χ2n) is 3.51. The third-order valence-electron chi connectivity index (χ3n) is 1.86. The molecule has 0 heterocycles. The molecule has 0 rings (SSSR count). The quantitative estimate of drug-likeness (QED) is 0.412. The van der Waals surface area contributed by atoms with Crippen molar-refractivity contribution >= 4 is 0 Å². The fraction of sp³-hybridized carbons (Fsp3) is 1.00. The van der Waals surface area contributed by atoms with E-state index in [2.05, 4.69) is 0 Å². The normalized spacial score (nSPS) is 18.2. The third kappa shape index (κ3) is 7.23. The Morgan fingerprint density at radius 3 is 2.00 bits per heavy atom. The van der Waals surface area contributed by atoms with Crippen LogP contribution in [0.4, 0.5) is 0 Å². The molecule has 86 valence electrons. The number of rotatable bonds is 7. The lowest BCUT2D eigenvalue weighted by molar-refractivity contribution is -0.0800. The SMILES string of the molecule is CC(O)COC(C)C(O)CCC(O)O. The van der Waals surface area contributed by atoms with Crippen molar-refractivity contribution in [2.24, 2.45) is 0 Å². The van der Waals surface area contributed by atoms with Crippen molar-refractivity contribution in [3.8, 4) is 0 Å². The van der Waals surface area contributed by atoms with Crippen LogP contribution in [0.3, 0.4) is 0 Å². The molecule has 0 saturated heterocycles. The van der Waals surface area contributed by atoms with Gasteiger partial charge in [0, 0.05) is 6.42 Å². The van der Waals surface area contributed by atoms with E-state index in [0.717, 1.165) is 0 Å². The smallest absolute Gasteiger partial charge is 0.151 e. The average molecular weight is 208 g/mol. The van der Waals surface area contributed by atoms with Gasteiger partial charge in [-0.2, -0.15) is 0 Å². The van der Waals surface area contributed by atoms with Crippen molar-refractivity contribution in [3.05, 3.63) is 0 Å². The summed E-state index contributed by atoms with van der Waals surface area (Å²) < 4.78 is 5.13. The lowest BCUT2D eigenvalue weighted by Gasteiger charge is -2.20. The summed E-state index contributed by atoms with van der Waals surface area (Å²) in [4.78, 5) is 0. The Morgan fingerprint density at radius 1 is 1.00 bits per heavy atom. The van der Waals surface area contributed by atoms with Crippen LogP contribution in [0, 0.1) is 0 Å². The Kier molecular flexibility index (Phi) is 7.04. The maximum atomic E-state index is 9.45. The highest BCUT2D eigenvalue weighted by molar-refractivity contribution is 4.65. The van der Waals surface area contributed by atoms with Gasteiger partial charge >= 0.3 is 0 Å². The van der Waals surface area contributed by atoms with Gasteiger partial charge in [-0.15, -0.1) is 0 Å². The molecular weight excluding hydrogens is 188 g/mol. The zero-order valence-electron chi connectivity index (χ0n) is 8.63. The monoisotopic (exact) mass is 208 g/mol. The van der Waals surface area contributed by atoms with Gasteiger partial charge in [0.1, 0.15) is 0 Å². The first-order chi connectivity index (χ1) is 6.43. The van der Waals surface area contributed by atoms with Crippen LogP contribution in [0.25, 0.3) is 0 Å².